The Labute approximate surface area is 157 Å². The van der Waals surface area contributed by atoms with Gasteiger partial charge in [-0.2, -0.15) is 5.10 Å². The first-order valence-electron chi connectivity index (χ1n) is 8.59. The second kappa shape index (κ2) is 7.90. The van der Waals surface area contributed by atoms with E-state index in [4.69, 9.17) is 9.47 Å². The van der Waals surface area contributed by atoms with E-state index in [1.165, 1.54) is 6.21 Å². The lowest BCUT2D eigenvalue weighted by atomic mass is 10.2. The van der Waals surface area contributed by atoms with E-state index < -0.39 is 0 Å². The summed E-state index contributed by atoms with van der Waals surface area (Å²) >= 11 is 0. The second-order valence-corrected chi connectivity index (χ2v) is 5.91. The first-order valence-corrected chi connectivity index (χ1v) is 8.59. The molecule has 1 N–H and O–H groups in total. The molecule has 1 heterocycles. The first-order chi connectivity index (χ1) is 13.1. The SMILES string of the molecule is CCn1c(C)nc2cc(C(=O)N/N=C/c3ccc(OC)cc3OC)ccc21. The summed E-state index contributed by atoms with van der Waals surface area (Å²) < 4.78 is 12.6. The van der Waals surface area contributed by atoms with Crippen LogP contribution in [0.2, 0.25) is 0 Å². The summed E-state index contributed by atoms with van der Waals surface area (Å²) in [6, 6.07) is 10.8. The number of fused-ring (bicyclic) bond motifs is 1. The Bertz CT molecular complexity index is 1010. The summed E-state index contributed by atoms with van der Waals surface area (Å²) in [7, 11) is 3.15. The zero-order valence-electron chi connectivity index (χ0n) is 15.8. The molecule has 140 valence electrons. The quantitative estimate of drug-likeness (QED) is 0.537. The molecule has 1 amide bonds. The monoisotopic (exact) mass is 366 g/mol. The molecule has 2 aromatic carbocycles. The molecule has 27 heavy (non-hydrogen) atoms. The highest BCUT2D eigenvalue weighted by molar-refractivity contribution is 5.98. The number of nitrogens with one attached hydrogen (secondary N) is 1. The molecule has 1 aromatic heterocycles. The number of rotatable bonds is 6. The molecule has 0 radical (unpaired) electrons. The van der Waals surface area contributed by atoms with Gasteiger partial charge in [-0.1, -0.05) is 0 Å². The molecular formula is C20H22N4O3. The number of carbonyl (C=O) groups is 1. The van der Waals surface area contributed by atoms with Crippen LogP contribution in [0, 0.1) is 6.92 Å². The molecule has 0 fully saturated rings. The molecule has 3 aromatic rings. The van der Waals surface area contributed by atoms with Gasteiger partial charge < -0.3 is 14.0 Å². The van der Waals surface area contributed by atoms with Crippen LogP contribution in [0.3, 0.4) is 0 Å². The maximum atomic E-state index is 12.4. The van der Waals surface area contributed by atoms with Crippen LogP contribution in [0.4, 0.5) is 0 Å². The van der Waals surface area contributed by atoms with Crippen LogP contribution in [-0.4, -0.2) is 35.9 Å². The Morgan fingerprint density at radius 2 is 2.04 bits per heavy atom. The van der Waals surface area contributed by atoms with E-state index in [-0.39, 0.29) is 5.91 Å². The standard InChI is InChI=1S/C20H22N4O3/c1-5-24-13(2)22-17-10-14(7-9-18(17)24)20(25)23-21-12-15-6-8-16(26-3)11-19(15)27-4/h6-12H,5H2,1-4H3,(H,23,25)/b21-12+. The normalized spacial score (nSPS) is 11.1. The summed E-state index contributed by atoms with van der Waals surface area (Å²) in [5.74, 6) is 1.91. The zero-order chi connectivity index (χ0) is 19.4. The average Bonchev–Trinajstić information content (AvgIpc) is 3.01. The number of carbonyl (C=O) groups excluding carboxylic acids is 1. The summed E-state index contributed by atoms with van der Waals surface area (Å²) in [5.41, 5.74) is 5.57. The molecule has 0 unspecified atom stereocenters. The smallest absolute Gasteiger partial charge is 0.271 e. The molecule has 7 nitrogen and oxygen atoms in total. The maximum Gasteiger partial charge on any atom is 0.271 e. The van der Waals surface area contributed by atoms with Crippen molar-refractivity contribution >= 4 is 23.2 Å². The molecular weight excluding hydrogens is 344 g/mol. The van der Waals surface area contributed by atoms with Gasteiger partial charge in [0, 0.05) is 23.7 Å². The lowest BCUT2D eigenvalue weighted by Crippen LogP contribution is -2.17. The molecule has 0 aliphatic rings. The predicted molar refractivity (Wildman–Crippen MR) is 105 cm³/mol. The zero-order valence-corrected chi connectivity index (χ0v) is 15.8. The van der Waals surface area contributed by atoms with Crippen LogP contribution in [0.15, 0.2) is 41.5 Å². The van der Waals surface area contributed by atoms with Crippen molar-refractivity contribution in [3.8, 4) is 11.5 Å². The molecule has 0 saturated heterocycles. The van der Waals surface area contributed by atoms with Gasteiger partial charge in [-0.25, -0.2) is 10.4 Å². The third-order valence-corrected chi connectivity index (χ3v) is 4.33. The topological polar surface area (TPSA) is 77.7 Å². The van der Waals surface area contributed by atoms with Crippen molar-refractivity contribution in [2.24, 2.45) is 5.10 Å². The molecule has 0 atom stereocenters. The van der Waals surface area contributed by atoms with Gasteiger partial charge in [-0.15, -0.1) is 0 Å². The van der Waals surface area contributed by atoms with E-state index in [9.17, 15) is 4.79 Å². The van der Waals surface area contributed by atoms with Crippen LogP contribution in [0.25, 0.3) is 11.0 Å². The van der Waals surface area contributed by atoms with Crippen LogP contribution >= 0.6 is 0 Å². The molecule has 0 aliphatic carbocycles. The van der Waals surface area contributed by atoms with Crippen LogP contribution in [0.1, 0.15) is 28.7 Å². The molecule has 0 aliphatic heterocycles. The predicted octanol–water partition coefficient (Wildman–Crippen LogP) is 3.15. The first kappa shape index (κ1) is 18.4. The minimum atomic E-state index is -0.302. The number of hydrogen-bond donors (Lipinski definition) is 1. The number of methoxy groups -OCH3 is 2. The highest BCUT2D eigenvalue weighted by Crippen LogP contribution is 2.23. The van der Waals surface area contributed by atoms with Gasteiger partial charge in [0.15, 0.2) is 0 Å². The van der Waals surface area contributed by atoms with Crippen LogP contribution in [0.5, 0.6) is 11.5 Å². The third kappa shape index (κ3) is 3.76. The minimum Gasteiger partial charge on any atom is -0.497 e. The number of nitrogens with zero attached hydrogens (tertiary/aromatic N) is 3. The van der Waals surface area contributed by atoms with E-state index in [1.54, 1.807) is 44.6 Å². The average molecular weight is 366 g/mol. The number of aromatic nitrogens is 2. The maximum absolute atomic E-state index is 12.4. The molecule has 0 spiro atoms. The Morgan fingerprint density at radius 1 is 1.22 bits per heavy atom. The fraction of sp³-hybridized carbons (Fsp3) is 0.250. The summed E-state index contributed by atoms with van der Waals surface area (Å²) in [4.78, 5) is 16.9. The second-order valence-electron chi connectivity index (χ2n) is 5.91. The van der Waals surface area contributed by atoms with E-state index in [2.05, 4.69) is 27.0 Å². The highest BCUT2D eigenvalue weighted by atomic mass is 16.5. The summed E-state index contributed by atoms with van der Waals surface area (Å²) in [6.07, 6.45) is 1.53. The highest BCUT2D eigenvalue weighted by Gasteiger charge is 2.10. The van der Waals surface area contributed by atoms with E-state index in [0.717, 1.165) is 29.0 Å². The van der Waals surface area contributed by atoms with Gasteiger partial charge >= 0.3 is 0 Å². The number of aryl methyl sites for hydroxylation is 2. The van der Waals surface area contributed by atoms with Crippen molar-refractivity contribution in [2.75, 3.05) is 14.2 Å². The van der Waals surface area contributed by atoms with Gasteiger partial charge in [-0.05, 0) is 44.2 Å². The number of ether oxygens (including phenoxy) is 2. The largest absolute Gasteiger partial charge is 0.497 e. The number of hydrazone groups is 1. The fourth-order valence-corrected chi connectivity index (χ4v) is 2.94. The summed E-state index contributed by atoms with van der Waals surface area (Å²) in [5, 5.41) is 4.03. The van der Waals surface area contributed by atoms with Crippen molar-refractivity contribution in [1.29, 1.82) is 0 Å². The van der Waals surface area contributed by atoms with Crippen molar-refractivity contribution in [3.63, 3.8) is 0 Å². The molecule has 7 heteroatoms. The van der Waals surface area contributed by atoms with Crippen molar-refractivity contribution in [2.45, 2.75) is 20.4 Å². The third-order valence-electron chi connectivity index (χ3n) is 4.33. The van der Waals surface area contributed by atoms with Crippen molar-refractivity contribution in [1.82, 2.24) is 15.0 Å². The Hall–Kier alpha value is -3.35. The minimum absolute atomic E-state index is 0.302. The van der Waals surface area contributed by atoms with Crippen molar-refractivity contribution in [3.05, 3.63) is 53.3 Å². The van der Waals surface area contributed by atoms with Crippen molar-refractivity contribution < 1.29 is 14.3 Å². The lowest BCUT2D eigenvalue weighted by molar-refractivity contribution is 0.0955. The number of imidazole rings is 1. The number of amides is 1. The van der Waals surface area contributed by atoms with Crippen LogP contribution < -0.4 is 14.9 Å². The number of hydrogen-bond acceptors (Lipinski definition) is 5. The molecule has 3 rings (SSSR count). The molecule has 0 bridgehead atoms. The van der Waals surface area contributed by atoms with Crippen LogP contribution in [-0.2, 0) is 6.54 Å². The molecule has 0 saturated carbocycles. The lowest BCUT2D eigenvalue weighted by Gasteiger charge is -2.07. The Balaban J connectivity index is 1.76. The van der Waals surface area contributed by atoms with Gasteiger partial charge in [0.05, 0.1) is 31.5 Å². The Morgan fingerprint density at radius 3 is 2.74 bits per heavy atom. The van der Waals surface area contributed by atoms with E-state index in [1.807, 2.05) is 13.0 Å². The van der Waals surface area contributed by atoms with Gasteiger partial charge in [0.2, 0.25) is 0 Å². The van der Waals surface area contributed by atoms with Gasteiger partial charge in [0.1, 0.15) is 17.3 Å². The number of benzene rings is 2. The fourth-order valence-electron chi connectivity index (χ4n) is 2.94. The van der Waals surface area contributed by atoms with E-state index in [0.29, 0.717) is 17.1 Å². The Kier molecular flexibility index (Phi) is 5.40. The summed E-state index contributed by atoms with van der Waals surface area (Å²) in [6.45, 7) is 4.86. The van der Waals surface area contributed by atoms with Gasteiger partial charge in [0.25, 0.3) is 5.91 Å². The van der Waals surface area contributed by atoms with Gasteiger partial charge in [-0.3, -0.25) is 4.79 Å². The van der Waals surface area contributed by atoms with E-state index >= 15 is 0 Å².